The van der Waals surface area contributed by atoms with Crippen LogP contribution in [0.4, 0.5) is 0 Å². The van der Waals surface area contributed by atoms with Gasteiger partial charge in [0.05, 0.1) is 50.7 Å². The molecule has 69 heavy (non-hydrogen) atoms. The van der Waals surface area contributed by atoms with Crippen LogP contribution in [0.3, 0.4) is 0 Å². The Balaban J connectivity index is 0.889. The molecule has 322 valence electrons. The van der Waals surface area contributed by atoms with E-state index in [-0.39, 0.29) is 0 Å². The van der Waals surface area contributed by atoms with Crippen LogP contribution in [0.5, 0.6) is 0 Å². The molecular weight excluding hydrogens is 845 g/mol. The van der Waals surface area contributed by atoms with Crippen LogP contribution in [0.2, 0.25) is 0 Å². The molecule has 6 aromatic heterocycles. The molecule has 0 aliphatic carbocycles. The molecule has 8 nitrogen and oxygen atoms in total. The molecule has 0 radical (unpaired) electrons. The number of para-hydroxylation sites is 3. The fourth-order valence-corrected chi connectivity index (χ4v) is 10.3. The molecule has 14 rings (SSSR count). The van der Waals surface area contributed by atoms with Crippen molar-refractivity contribution in [3.05, 3.63) is 231 Å². The number of benzene rings is 8. The Labute approximate surface area is 395 Å². The fraction of sp³-hybridized carbons (Fsp3) is 0. The summed E-state index contributed by atoms with van der Waals surface area (Å²) in [5.41, 5.74) is 14.4. The van der Waals surface area contributed by atoms with Crippen molar-refractivity contribution in [2.75, 3.05) is 0 Å². The van der Waals surface area contributed by atoms with Crippen molar-refractivity contribution in [3.8, 4) is 62.6 Å². The summed E-state index contributed by atoms with van der Waals surface area (Å²) >= 11 is 0. The highest BCUT2D eigenvalue weighted by atomic mass is 15.2. The normalized spacial score (nSPS) is 11.8. The molecule has 8 heteroatoms. The van der Waals surface area contributed by atoms with Crippen LogP contribution in [0.25, 0.3) is 128 Å². The first kappa shape index (κ1) is 38.7. The van der Waals surface area contributed by atoms with Gasteiger partial charge in [0.2, 0.25) is 5.95 Å². The van der Waals surface area contributed by atoms with Gasteiger partial charge in [0.25, 0.3) is 0 Å². The monoisotopic (exact) mass is 882 g/mol. The molecule has 0 saturated heterocycles. The van der Waals surface area contributed by atoms with Gasteiger partial charge in [0, 0.05) is 72.1 Å². The summed E-state index contributed by atoms with van der Waals surface area (Å²) in [6, 6.07) is 76.4. The third-order valence-corrected chi connectivity index (χ3v) is 13.4. The van der Waals surface area contributed by atoms with Crippen LogP contribution in [-0.4, -0.2) is 38.6 Å². The highest BCUT2D eigenvalue weighted by molar-refractivity contribution is 6.13. The lowest BCUT2D eigenvalue weighted by Crippen LogP contribution is -2.06. The number of nitrogens with zero attached hydrogens (tertiary/aromatic N) is 8. The van der Waals surface area contributed by atoms with Crippen LogP contribution in [0.1, 0.15) is 0 Å². The number of fused-ring (bicyclic) bond motifs is 9. The largest absolute Gasteiger partial charge is 0.309 e. The Morgan fingerprint density at radius 3 is 1.51 bits per heavy atom. The van der Waals surface area contributed by atoms with Crippen molar-refractivity contribution >= 4 is 65.4 Å². The summed E-state index contributed by atoms with van der Waals surface area (Å²) in [4.78, 5) is 25.2. The molecule has 0 bridgehead atoms. The van der Waals surface area contributed by atoms with Gasteiger partial charge in [0.1, 0.15) is 0 Å². The lowest BCUT2D eigenvalue weighted by atomic mass is 10.0. The third kappa shape index (κ3) is 6.27. The summed E-state index contributed by atoms with van der Waals surface area (Å²) in [7, 11) is 0. The first-order valence-electron chi connectivity index (χ1n) is 23.1. The molecule has 14 aromatic rings. The summed E-state index contributed by atoms with van der Waals surface area (Å²) in [6.45, 7) is 0. The van der Waals surface area contributed by atoms with Crippen molar-refractivity contribution in [3.63, 3.8) is 0 Å². The minimum absolute atomic E-state index is 0.552. The zero-order chi connectivity index (χ0) is 45.4. The summed E-state index contributed by atoms with van der Waals surface area (Å²) < 4.78 is 6.85. The quantitative estimate of drug-likeness (QED) is 0.159. The predicted octanol–water partition coefficient (Wildman–Crippen LogP) is 14.6. The fourth-order valence-electron chi connectivity index (χ4n) is 10.3. The van der Waals surface area contributed by atoms with E-state index in [1.54, 1.807) is 0 Å². The van der Waals surface area contributed by atoms with E-state index in [2.05, 4.69) is 176 Å². The second kappa shape index (κ2) is 15.5. The zero-order valence-electron chi connectivity index (χ0n) is 37.0. The van der Waals surface area contributed by atoms with Crippen LogP contribution < -0.4 is 0 Å². The second-order valence-corrected chi connectivity index (χ2v) is 17.4. The van der Waals surface area contributed by atoms with Crippen molar-refractivity contribution in [2.24, 2.45) is 0 Å². The van der Waals surface area contributed by atoms with Gasteiger partial charge in [-0.05, 0) is 78.9 Å². The maximum Gasteiger partial charge on any atom is 0.238 e. The maximum atomic E-state index is 5.36. The molecule has 8 aromatic carbocycles. The Bertz CT molecular complexity index is 4250. The number of aromatic nitrogens is 8. The van der Waals surface area contributed by atoms with Gasteiger partial charge in [-0.3, -0.25) is 9.55 Å². The predicted molar refractivity (Wildman–Crippen MR) is 280 cm³/mol. The highest BCUT2D eigenvalue weighted by Gasteiger charge is 2.21. The summed E-state index contributed by atoms with van der Waals surface area (Å²) in [5, 5.41) is 6.92. The van der Waals surface area contributed by atoms with E-state index in [9.17, 15) is 0 Å². The van der Waals surface area contributed by atoms with Crippen molar-refractivity contribution < 1.29 is 0 Å². The van der Waals surface area contributed by atoms with Crippen LogP contribution >= 0.6 is 0 Å². The van der Waals surface area contributed by atoms with Crippen molar-refractivity contribution in [2.45, 2.75) is 0 Å². The molecular formula is C61H38N8. The molecule has 0 saturated carbocycles. The maximum absolute atomic E-state index is 5.36. The van der Waals surface area contributed by atoms with E-state index in [0.29, 0.717) is 17.6 Å². The second-order valence-electron chi connectivity index (χ2n) is 17.4. The Hall–Kier alpha value is -9.53. The SMILES string of the molecule is c1ccc(-c2nc(-c3ccccc3)nc(-n3c4ccccc4c4ccc(-c5cccc(-c6ccc7c(c6)c6ccccc6n7-c6ccc7c(c6)c6ccncc6n7-c6ccccc6)n5)cc43)n2)cc1. The molecule has 0 aliphatic heterocycles. The van der Waals surface area contributed by atoms with Crippen LogP contribution in [0, 0.1) is 0 Å². The molecule has 0 aliphatic rings. The molecule has 0 fully saturated rings. The van der Waals surface area contributed by atoms with E-state index in [4.69, 9.17) is 19.9 Å². The van der Waals surface area contributed by atoms with Gasteiger partial charge in [0.15, 0.2) is 11.6 Å². The lowest BCUT2D eigenvalue weighted by Gasteiger charge is -2.11. The summed E-state index contributed by atoms with van der Waals surface area (Å²) in [5.74, 6) is 1.78. The van der Waals surface area contributed by atoms with Gasteiger partial charge >= 0.3 is 0 Å². The third-order valence-electron chi connectivity index (χ3n) is 13.4. The molecule has 0 atom stereocenters. The zero-order valence-corrected chi connectivity index (χ0v) is 37.0. The standard InChI is InChI=1S/C61H38N8/c1-4-15-39(16-5-1)59-64-60(40-17-6-2-7-18-40)66-61(65-59)69-54-26-13-10-21-45(54)47-30-27-42(36-57(47)69)52-24-14-23-51(63-52)41-28-31-55-49(35-41)46-22-11-12-25-53(46)68(55)44-29-32-56-50(37-44)48-33-34-62-38-58(48)67(56)43-19-8-3-9-20-43/h1-38H. The van der Waals surface area contributed by atoms with Crippen molar-refractivity contribution in [1.82, 2.24) is 38.6 Å². The van der Waals surface area contributed by atoms with Crippen molar-refractivity contribution in [1.29, 1.82) is 0 Å². The van der Waals surface area contributed by atoms with Gasteiger partial charge < -0.3 is 9.13 Å². The lowest BCUT2D eigenvalue weighted by molar-refractivity contribution is 0.953. The molecule has 0 unspecified atom stereocenters. The molecule has 0 spiro atoms. The minimum atomic E-state index is 0.552. The number of hydrogen-bond donors (Lipinski definition) is 0. The number of hydrogen-bond acceptors (Lipinski definition) is 5. The highest BCUT2D eigenvalue weighted by Crippen LogP contribution is 2.39. The number of rotatable bonds is 7. The van der Waals surface area contributed by atoms with E-state index in [0.717, 1.165) is 88.9 Å². The van der Waals surface area contributed by atoms with Gasteiger partial charge in [-0.15, -0.1) is 0 Å². The van der Waals surface area contributed by atoms with E-state index >= 15 is 0 Å². The minimum Gasteiger partial charge on any atom is -0.309 e. The number of pyridine rings is 2. The average Bonchev–Trinajstić information content (AvgIpc) is 4.06. The average molecular weight is 883 g/mol. The first-order valence-corrected chi connectivity index (χ1v) is 23.1. The first-order chi connectivity index (χ1) is 34.2. The van der Waals surface area contributed by atoms with Crippen LogP contribution in [0.15, 0.2) is 231 Å². The Morgan fingerprint density at radius 1 is 0.275 bits per heavy atom. The Kier molecular flexibility index (Phi) is 8.72. The van der Waals surface area contributed by atoms with E-state index < -0.39 is 0 Å². The van der Waals surface area contributed by atoms with E-state index in [1.807, 2.05) is 73.1 Å². The van der Waals surface area contributed by atoms with Crippen LogP contribution in [-0.2, 0) is 0 Å². The molecule has 0 amide bonds. The van der Waals surface area contributed by atoms with Gasteiger partial charge in [-0.1, -0.05) is 140 Å². The summed E-state index contributed by atoms with van der Waals surface area (Å²) in [6.07, 6.45) is 3.85. The van der Waals surface area contributed by atoms with Gasteiger partial charge in [-0.25, -0.2) is 9.97 Å². The van der Waals surface area contributed by atoms with E-state index in [1.165, 1.54) is 21.5 Å². The van der Waals surface area contributed by atoms with Gasteiger partial charge in [-0.2, -0.15) is 9.97 Å². The smallest absolute Gasteiger partial charge is 0.238 e. The molecule has 0 N–H and O–H groups in total. The molecule has 6 heterocycles. The topological polar surface area (TPSA) is 79.2 Å². The Morgan fingerprint density at radius 2 is 0.797 bits per heavy atom.